The van der Waals surface area contributed by atoms with E-state index in [9.17, 15) is 25.2 Å². The summed E-state index contributed by atoms with van der Waals surface area (Å²) >= 11 is 0. The van der Waals surface area contributed by atoms with Gasteiger partial charge in [-0.15, -0.1) is 0 Å². The third-order valence-corrected chi connectivity index (χ3v) is 11.9. The van der Waals surface area contributed by atoms with Crippen LogP contribution in [0.15, 0.2) is 48.5 Å². The van der Waals surface area contributed by atoms with Gasteiger partial charge in [-0.2, -0.15) is 0 Å². The molecule has 0 spiro atoms. The molecule has 2 aliphatic rings. The molecule has 2 fully saturated rings. The number of carbonyl (C=O) groups excluding carboxylic acids is 1. The average Bonchev–Trinajstić information content (AvgIpc) is 3.00. The summed E-state index contributed by atoms with van der Waals surface area (Å²) in [7, 11) is -0.247. The second-order valence-corrected chi connectivity index (χ2v) is 13.9. The zero-order valence-electron chi connectivity index (χ0n) is 22.7. The maximum atomic E-state index is 12.3. The third kappa shape index (κ3) is 7.66. The van der Waals surface area contributed by atoms with Gasteiger partial charge < -0.3 is 30.8 Å². The number of rotatable bonds is 11. The highest BCUT2D eigenvalue weighted by molar-refractivity contribution is 7.67. The largest absolute Gasteiger partial charge is 0.394 e. The Kier molecular flexibility index (Phi) is 11.3. The van der Waals surface area contributed by atoms with Crippen molar-refractivity contribution in [3.63, 3.8) is 0 Å². The molecule has 6 N–H and O–H groups in total. The highest BCUT2D eigenvalue weighted by atomic mass is 31.1. The molecule has 0 saturated heterocycles. The predicted octanol–water partition coefficient (Wildman–Crippen LogP) is 3.18. The zero-order chi connectivity index (χ0) is 27.8. The van der Waals surface area contributed by atoms with Gasteiger partial charge in [0.2, 0.25) is 0 Å². The van der Waals surface area contributed by atoms with Crippen LogP contribution in [0.25, 0.3) is 11.1 Å². The lowest BCUT2D eigenvalue weighted by atomic mass is 9.99. The lowest BCUT2D eigenvalue weighted by Gasteiger charge is -2.39. The maximum absolute atomic E-state index is 12.3. The molecule has 214 valence electrons. The Bertz CT molecular complexity index is 1020. The highest BCUT2D eigenvalue weighted by Crippen LogP contribution is 2.56. The Morgan fingerprint density at radius 1 is 0.795 bits per heavy atom. The van der Waals surface area contributed by atoms with Gasteiger partial charge in [0.25, 0.3) is 5.91 Å². The first-order chi connectivity index (χ1) is 18.9. The van der Waals surface area contributed by atoms with Gasteiger partial charge >= 0.3 is 0 Å². The molecule has 2 saturated carbocycles. The summed E-state index contributed by atoms with van der Waals surface area (Å²) in [5.74, 6) is -0.869. The average molecular weight is 558 g/mol. The summed E-state index contributed by atoms with van der Waals surface area (Å²) in [6, 6.07) is 17.0. The molecule has 2 aromatic rings. The van der Waals surface area contributed by atoms with Gasteiger partial charge in [-0.25, -0.2) is 0 Å². The first-order valence-corrected chi connectivity index (χ1v) is 16.0. The zero-order valence-corrected chi connectivity index (χ0v) is 23.6. The van der Waals surface area contributed by atoms with Crippen LogP contribution in [-0.2, 0) is 11.3 Å². The van der Waals surface area contributed by atoms with E-state index in [1.54, 1.807) is 0 Å². The summed E-state index contributed by atoms with van der Waals surface area (Å²) in [5.41, 5.74) is 4.93. The van der Waals surface area contributed by atoms with E-state index in [2.05, 4.69) is 41.7 Å². The van der Waals surface area contributed by atoms with E-state index in [-0.39, 0.29) is 14.5 Å². The molecule has 0 aromatic heterocycles. The number of nitrogens with one attached hydrogen (secondary N) is 1. The van der Waals surface area contributed by atoms with Crippen LogP contribution in [0.4, 0.5) is 0 Å². The number of amides is 1. The van der Waals surface area contributed by atoms with Gasteiger partial charge in [0.15, 0.2) is 6.10 Å². The Balaban J connectivity index is 1.46. The van der Waals surface area contributed by atoms with Crippen molar-refractivity contribution in [2.75, 3.05) is 6.61 Å². The van der Waals surface area contributed by atoms with Crippen LogP contribution < -0.4 is 10.6 Å². The minimum Gasteiger partial charge on any atom is -0.394 e. The fraction of sp³-hybridized carbons (Fsp3) is 0.581. The van der Waals surface area contributed by atoms with Crippen LogP contribution in [0.2, 0.25) is 0 Å². The van der Waals surface area contributed by atoms with Crippen molar-refractivity contribution in [2.45, 2.75) is 106 Å². The quantitative estimate of drug-likeness (QED) is 0.236. The molecule has 7 nitrogen and oxygen atoms in total. The third-order valence-electron chi connectivity index (χ3n) is 8.37. The molecule has 1 amide bonds. The molecule has 4 rings (SSSR count). The summed E-state index contributed by atoms with van der Waals surface area (Å²) in [4.78, 5) is 12.3. The highest BCUT2D eigenvalue weighted by Gasteiger charge is 2.35. The Labute approximate surface area is 233 Å². The molecule has 0 bridgehead atoms. The van der Waals surface area contributed by atoms with E-state index in [1.165, 1.54) is 75.1 Å². The summed E-state index contributed by atoms with van der Waals surface area (Å²) in [5, 5.41) is 52.2. The van der Waals surface area contributed by atoms with E-state index in [0.29, 0.717) is 0 Å². The number of aliphatic hydroxyl groups is 5. The van der Waals surface area contributed by atoms with Crippen LogP contribution in [0.3, 0.4) is 0 Å². The molecule has 39 heavy (non-hydrogen) atoms. The van der Waals surface area contributed by atoms with Crippen LogP contribution in [0, 0.1) is 0 Å². The van der Waals surface area contributed by atoms with Gasteiger partial charge in [-0.1, -0.05) is 95.0 Å². The van der Waals surface area contributed by atoms with Crippen molar-refractivity contribution in [1.29, 1.82) is 0 Å². The van der Waals surface area contributed by atoms with Crippen molar-refractivity contribution in [1.82, 2.24) is 5.32 Å². The Morgan fingerprint density at radius 3 is 1.92 bits per heavy atom. The Morgan fingerprint density at radius 2 is 1.36 bits per heavy atom. The molecule has 8 heteroatoms. The molecule has 0 heterocycles. The summed E-state index contributed by atoms with van der Waals surface area (Å²) in [6.45, 7) is -0.661. The van der Waals surface area contributed by atoms with Crippen molar-refractivity contribution in [2.24, 2.45) is 0 Å². The Hall–Kier alpha value is -1.86. The van der Waals surface area contributed by atoms with E-state index in [4.69, 9.17) is 5.11 Å². The first-order valence-electron chi connectivity index (χ1n) is 14.5. The maximum Gasteiger partial charge on any atom is 0.251 e. The lowest BCUT2D eigenvalue weighted by Crippen LogP contribution is -2.51. The van der Waals surface area contributed by atoms with E-state index >= 15 is 0 Å². The van der Waals surface area contributed by atoms with Crippen molar-refractivity contribution < 1.29 is 30.3 Å². The molecule has 0 unspecified atom stereocenters. The number of hydrogen-bond acceptors (Lipinski definition) is 6. The van der Waals surface area contributed by atoms with Crippen LogP contribution in [0.5, 0.6) is 0 Å². The summed E-state index contributed by atoms with van der Waals surface area (Å²) < 4.78 is 0. The monoisotopic (exact) mass is 557 g/mol. The minimum atomic E-state index is -1.94. The molecular formula is C31H44NO6P. The lowest BCUT2D eigenvalue weighted by molar-refractivity contribution is -0.149. The van der Waals surface area contributed by atoms with Gasteiger partial charge in [-0.05, 0) is 59.0 Å². The van der Waals surface area contributed by atoms with Gasteiger partial charge in [0.1, 0.15) is 18.3 Å². The minimum absolute atomic E-state index is 0.139. The number of carbonyl (C=O) groups is 1. The van der Waals surface area contributed by atoms with Crippen LogP contribution in [-0.4, -0.2) is 73.8 Å². The number of hydrogen-bond donors (Lipinski definition) is 6. The van der Waals surface area contributed by atoms with Gasteiger partial charge in [0, 0.05) is 6.54 Å². The van der Waals surface area contributed by atoms with Crippen LogP contribution in [0.1, 0.15) is 69.8 Å². The fourth-order valence-electron chi connectivity index (χ4n) is 6.13. The van der Waals surface area contributed by atoms with E-state index < -0.39 is 36.9 Å². The fourth-order valence-corrected chi connectivity index (χ4v) is 10.1. The van der Waals surface area contributed by atoms with Crippen molar-refractivity contribution in [3.05, 3.63) is 54.1 Å². The number of aliphatic hydroxyl groups excluding tert-OH is 5. The number of benzene rings is 2. The molecule has 2 aromatic carbocycles. The molecule has 0 radical (unpaired) electrons. The molecular weight excluding hydrogens is 513 g/mol. The van der Waals surface area contributed by atoms with Crippen LogP contribution >= 0.6 is 7.92 Å². The second-order valence-electron chi connectivity index (χ2n) is 11.1. The SMILES string of the molecule is O=C(NCc1ccc(-c2ccccc2P(C2CCCCC2)C2CCCCC2)cc1)[C@H](O)[C@@H](O)[C@H](O)[C@H](O)CO. The standard InChI is InChI=1S/C31H44NO6P/c33-20-26(34)28(35)29(36)30(37)31(38)32-19-21-15-17-22(18-16-21)25-13-7-8-14-27(25)39(23-9-3-1-4-10-23)24-11-5-2-6-12-24/h7-8,13-18,23-24,26,28-30,33-37H,1-6,9-12,19-20H2,(H,32,38)/t26-,28-,29+,30-/m1/s1. The van der Waals surface area contributed by atoms with Gasteiger partial charge in [0.05, 0.1) is 6.61 Å². The molecule has 0 aliphatic heterocycles. The van der Waals surface area contributed by atoms with E-state index in [1.807, 2.05) is 12.1 Å². The first kappa shape index (κ1) is 30.1. The van der Waals surface area contributed by atoms with E-state index in [0.717, 1.165) is 22.4 Å². The van der Waals surface area contributed by atoms with Crippen molar-refractivity contribution in [3.8, 4) is 11.1 Å². The molecule has 2 aliphatic carbocycles. The molecule has 4 atom stereocenters. The second kappa shape index (κ2) is 14.7. The van der Waals surface area contributed by atoms with Gasteiger partial charge in [-0.3, -0.25) is 4.79 Å². The normalized spacial score (nSPS) is 20.4. The smallest absolute Gasteiger partial charge is 0.251 e. The summed E-state index contributed by atoms with van der Waals surface area (Å²) in [6.07, 6.45) is 6.19. The van der Waals surface area contributed by atoms with Crippen molar-refractivity contribution >= 4 is 19.1 Å². The topological polar surface area (TPSA) is 130 Å². The predicted molar refractivity (Wildman–Crippen MR) is 155 cm³/mol.